The molecular formula is C48H34N4S. The second-order valence-electron chi connectivity index (χ2n) is 15.9. The first kappa shape index (κ1) is 29.5. The molecule has 0 saturated carbocycles. The zero-order valence-electron chi connectivity index (χ0n) is 29.9. The van der Waals surface area contributed by atoms with Gasteiger partial charge in [-0.1, -0.05) is 137 Å². The Morgan fingerprint density at radius 3 is 1.30 bits per heavy atom. The number of aromatic nitrogens is 4. The fraction of sp³-hybridized carbons (Fsp3) is 0.125. The van der Waals surface area contributed by atoms with Crippen molar-refractivity contribution in [3.8, 4) is 33.6 Å². The fourth-order valence-corrected chi connectivity index (χ4v) is 10.9. The molecule has 5 heteroatoms. The van der Waals surface area contributed by atoms with Gasteiger partial charge in [0.15, 0.2) is 0 Å². The second-order valence-corrected chi connectivity index (χ2v) is 16.4. The van der Waals surface area contributed by atoms with Gasteiger partial charge in [-0.25, -0.2) is 0 Å². The largest absolute Gasteiger partial charge is 0.307 e. The van der Waals surface area contributed by atoms with E-state index in [0.717, 1.165) is 22.4 Å². The maximum absolute atomic E-state index is 5.12. The first-order valence-electron chi connectivity index (χ1n) is 18.4. The predicted molar refractivity (Wildman–Crippen MR) is 221 cm³/mol. The molecule has 0 aliphatic heterocycles. The molecule has 12 rings (SSSR count). The summed E-state index contributed by atoms with van der Waals surface area (Å²) in [6, 6.07) is 49.4. The van der Waals surface area contributed by atoms with Crippen molar-refractivity contribution in [1.29, 1.82) is 0 Å². The van der Waals surface area contributed by atoms with Gasteiger partial charge in [0.05, 0.1) is 45.2 Å². The maximum Gasteiger partial charge on any atom is 0.130 e. The molecule has 2 aliphatic carbocycles. The molecule has 7 aromatic carbocycles. The van der Waals surface area contributed by atoms with E-state index in [-0.39, 0.29) is 10.8 Å². The number of hydrogen-bond acceptors (Lipinski definition) is 3. The minimum absolute atomic E-state index is 0.176. The van der Waals surface area contributed by atoms with Crippen molar-refractivity contribution in [1.82, 2.24) is 17.9 Å². The van der Waals surface area contributed by atoms with E-state index >= 15 is 0 Å². The number of fused-ring (bicyclic) bond motifs is 15. The maximum atomic E-state index is 5.12. The number of rotatable bonds is 2. The Kier molecular flexibility index (Phi) is 5.51. The predicted octanol–water partition coefficient (Wildman–Crippen LogP) is 12.5. The first-order valence-corrected chi connectivity index (χ1v) is 19.2. The lowest BCUT2D eigenvalue weighted by Gasteiger charge is -2.24. The topological polar surface area (TPSA) is 35.6 Å². The number of hydrogen-bond donors (Lipinski definition) is 0. The molecule has 0 bridgehead atoms. The highest BCUT2D eigenvalue weighted by Gasteiger charge is 2.40. The first-order chi connectivity index (χ1) is 25.9. The molecular weight excluding hydrogens is 665 g/mol. The molecule has 0 radical (unpaired) electrons. The normalized spacial score (nSPS) is 15.1. The van der Waals surface area contributed by atoms with Crippen molar-refractivity contribution in [2.75, 3.05) is 0 Å². The van der Waals surface area contributed by atoms with Gasteiger partial charge in [-0.05, 0) is 68.8 Å². The molecule has 0 spiro atoms. The highest BCUT2D eigenvalue weighted by molar-refractivity contribution is 7.00. The molecule has 0 atom stereocenters. The van der Waals surface area contributed by atoms with Gasteiger partial charge in [0.25, 0.3) is 0 Å². The summed E-state index contributed by atoms with van der Waals surface area (Å²) in [7, 11) is 0. The zero-order chi connectivity index (χ0) is 35.4. The van der Waals surface area contributed by atoms with Crippen LogP contribution in [0.15, 0.2) is 133 Å². The minimum Gasteiger partial charge on any atom is -0.307 e. The van der Waals surface area contributed by atoms with Gasteiger partial charge >= 0.3 is 0 Å². The van der Waals surface area contributed by atoms with E-state index in [0.29, 0.717) is 0 Å². The third-order valence-electron chi connectivity index (χ3n) is 12.6. The molecule has 3 aromatic heterocycles. The molecule has 0 unspecified atom stereocenters. The number of nitrogens with zero attached hydrogens (tertiary/aromatic N) is 4. The average molecular weight is 699 g/mol. The molecule has 0 saturated heterocycles. The van der Waals surface area contributed by atoms with Crippen molar-refractivity contribution < 1.29 is 0 Å². The molecule has 4 nitrogen and oxygen atoms in total. The van der Waals surface area contributed by atoms with Crippen LogP contribution in [-0.2, 0) is 10.8 Å². The van der Waals surface area contributed by atoms with E-state index in [1.165, 1.54) is 99.8 Å². The summed E-state index contributed by atoms with van der Waals surface area (Å²) in [5, 5.41) is 5.02. The summed E-state index contributed by atoms with van der Waals surface area (Å²) in [6.07, 6.45) is 0. The summed E-state index contributed by atoms with van der Waals surface area (Å²) >= 11 is 1.30. The lowest BCUT2D eigenvalue weighted by atomic mass is 9.81. The molecule has 2 aliphatic rings. The Morgan fingerprint density at radius 1 is 0.415 bits per heavy atom. The van der Waals surface area contributed by atoms with Crippen molar-refractivity contribution in [2.24, 2.45) is 0 Å². The van der Waals surface area contributed by atoms with Crippen molar-refractivity contribution in [2.45, 2.75) is 38.5 Å². The molecule has 252 valence electrons. The number of benzene rings is 7. The summed E-state index contributed by atoms with van der Waals surface area (Å²) in [5.74, 6) is 0. The van der Waals surface area contributed by atoms with Gasteiger partial charge in [-0.15, -0.1) is 0 Å². The van der Waals surface area contributed by atoms with E-state index < -0.39 is 0 Å². The molecule has 53 heavy (non-hydrogen) atoms. The Morgan fingerprint density at radius 2 is 0.830 bits per heavy atom. The van der Waals surface area contributed by atoms with Crippen LogP contribution in [0.25, 0.3) is 88.3 Å². The van der Waals surface area contributed by atoms with Crippen LogP contribution in [0, 0.1) is 0 Å². The van der Waals surface area contributed by atoms with Crippen molar-refractivity contribution in [3.63, 3.8) is 0 Å². The smallest absolute Gasteiger partial charge is 0.130 e. The summed E-state index contributed by atoms with van der Waals surface area (Å²) in [6.45, 7) is 9.51. The number of para-hydroxylation sites is 2. The van der Waals surface area contributed by atoms with Crippen LogP contribution in [0.5, 0.6) is 0 Å². The summed E-state index contributed by atoms with van der Waals surface area (Å²) in [4.78, 5) is 0. The third kappa shape index (κ3) is 3.51. The fourth-order valence-electron chi connectivity index (χ4n) is 10.3. The van der Waals surface area contributed by atoms with Crippen LogP contribution in [-0.4, -0.2) is 17.9 Å². The van der Waals surface area contributed by atoms with Gasteiger partial charge in [-0.2, -0.15) is 8.75 Å². The van der Waals surface area contributed by atoms with E-state index in [2.05, 4.69) is 170 Å². The van der Waals surface area contributed by atoms with Gasteiger partial charge in [0.1, 0.15) is 11.0 Å². The Balaban J connectivity index is 1.19. The molecule has 3 heterocycles. The third-order valence-corrected chi connectivity index (χ3v) is 13.1. The van der Waals surface area contributed by atoms with Gasteiger partial charge in [0.2, 0.25) is 0 Å². The Hall–Kier alpha value is -6.04. The lowest BCUT2D eigenvalue weighted by molar-refractivity contribution is 0.663. The van der Waals surface area contributed by atoms with E-state index in [9.17, 15) is 0 Å². The monoisotopic (exact) mass is 698 g/mol. The standard InChI is InChI=1S/C48H34N4S/c1-47(2)35-17-9-5-13-27(35)31-21-23-33-29-15-7-11-19-37(29)51(45(33)41(31)47)39-25-26-40(44-43(39)49-53-50-44)52-38-20-12-8-16-30(38)34-24-22-32-28-14-6-10-18-36(28)48(3,4)42(32)46(34)52/h5-26H,1-4H3. The summed E-state index contributed by atoms with van der Waals surface area (Å²) < 4.78 is 15.2. The van der Waals surface area contributed by atoms with Crippen LogP contribution in [0.1, 0.15) is 49.9 Å². The van der Waals surface area contributed by atoms with Crippen molar-refractivity contribution >= 4 is 66.4 Å². The Bertz CT molecular complexity index is 3030. The average Bonchev–Trinajstić information content (AvgIpc) is 3.97. The van der Waals surface area contributed by atoms with E-state index in [1.54, 1.807) is 0 Å². The highest BCUT2D eigenvalue weighted by atomic mass is 32.1. The van der Waals surface area contributed by atoms with E-state index in [4.69, 9.17) is 8.75 Å². The van der Waals surface area contributed by atoms with E-state index in [1.807, 2.05) is 0 Å². The van der Waals surface area contributed by atoms with Crippen LogP contribution in [0.3, 0.4) is 0 Å². The van der Waals surface area contributed by atoms with Crippen LogP contribution in [0.2, 0.25) is 0 Å². The molecule has 0 fully saturated rings. The zero-order valence-corrected chi connectivity index (χ0v) is 30.7. The van der Waals surface area contributed by atoms with Gasteiger partial charge in [0, 0.05) is 32.4 Å². The van der Waals surface area contributed by atoms with Crippen LogP contribution < -0.4 is 0 Å². The van der Waals surface area contributed by atoms with Crippen LogP contribution in [0.4, 0.5) is 0 Å². The second kappa shape index (κ2) is 9.88. The highest BCUT2D eigenvalue weighted by Crippen LogP contribution is 2.55. The lowest BCUT2D eigenvalue weighted by Crippen LogP contribution is -2.17. The summed E-state index contributed by atoms with van der Waals surface area (Å²) in [5.41, 5.74) is 19.2. The Labute approximate surface area is 310 Å². The van der Waals surface area contributed by atoms with Gasteiger partial charge in [-0.3, -0.25) is 0 Å². The minimum atomic E-state index is -0.176. The molecule has 10 aromatic rings. The molecule has 0 N–H and O–H groups in total. The SMILES string of the molecule is CC1(C)c2ccccc2-c2ccc3c4ccccc4n(-c4ccc(-n5c6ccccc6c6ccc7c(c65)C(C)(C)c5ccccc5-7)c5nsnc45)c3c21. The van der Waals surface area contributed by atoms with Crippen LogP contribution >= 0.6 is 11.7 Å². The van der Waals surface area contributed by atoms with Crippen molar-refractivity contribution in [3.05, 3.63) is 156 Å². The quantitative estimate of drug-likeness (QED) is 0.180. The molecule has 0 amide bonds. The van der Waals surface area contributed by atoms with Gasteiger partial charge < -0.3 is 9.13 Å².